The maximum absolute atomic E-state index is 4.40. The van der Waals surface area contributed by atoms with E-state index in [0.717, 1.165) is 13.0 Å². The van der Waals surface area contributed by atoms with Gasteiger partial charge in [-0.05, 0) is 19.0 Å². The number of rotatable bonds is 5. The Bertz CT molecular complexity index is 444. The van der Waals surface area contributed by atoms with Gasteiger partial charge in [-0.25, -0.2) is 0 Å². The SMILES string of the molecule is CCC(NC)c1cnn(Cc2ccccc2)c1. The zero-order chi connectivity index (χ0) is 12.1. The highest BCUT2D eigenvalue weighted by molar-refractivity contribution is 5.16. The van der Waals surface area contributed by atoms with Crippen LogP contribution < -0.4 is 5.32 Å². The highest BCUT2D eigenvalue weighted by Gasteiger charge is 2.08. The van der Waals surface area contributed by atoms with Gasteiger partial charge >= 0.3 is 0 Å². The topological polar surface area (TPSA) is 29.9 Å². The van der Waals surface area contributed by atoms with Crippen LogP contribution in [0.5, 0.6) is 0 Å². The van der Waals surface area contributed by atoms with Crippen LogP contribution in [-0.2, 0) is 6.54 Å². The zero-order valence-corrected chi connectivity index (χ0v) is 10.4. The quantitative estimate of drug-likeness (QED) is 0.854. The number of nitrogens with zero attached hydrogens (tertiary/aromatic N) is 2. The van der Waals surface area contributed by atoms with Gasteiger partial charge < -0.3 is 5.32 Å². The Kier molecular flexibility index (Phi) is 3.94. The summed E-state index contributed by atoms with van der Waals surface area (Å²) in [5.74, 6) is 0. The molecule has 1 N–H and O–H groups in total. The molecular formula is C14H19N3. The summed E-state index contributed by atoms with van der Waals surface area (Å²) in [5.41, 5.74) is 2.53. The van der Waals surface area contributed by atoms with E-state index >= 15 is 0 Å². The molecule has 0 fully saturated rings. The standard InChI is InChI=1S/C14H19N3/c1-3-14(15-2)13-9-16-17(11-13)10-12-7-5-4-6-8-12/h4-9,11,14-15H,3,10H2,1-2H3. The van der Waals surface area contributed by atoms with E-state index in [2.05, 4.69) is 47.8 Å². The van der Waals surface area contributed by atoms with Crippen LogP contribution in [0.25, 0.3) is 0 Å². The van der Waals surface area contributed by atoms with Gasteiger partial charge in [-0.1, -0.05) is 37.3 Å². The van der Waals surface area contributed by atoms with Gasteiger partial charge in [-0.3, -0.25) is 4.68 Å². The van der Waals surface area contributed by atoms with Gasteiger partial charge in [0, 0.05) is 17.8 Å². The average Bonchev–Trinajstić information content (AvgIpc) is 2.81. The normalized spacial score (nSPS) is 12.6. The molecule has 0 aliphatic carbocycles. The van der Waals surface area contributed by atoms with E-state index in [0.29, 0.717) is 6.04 Å². The fraction of sp³-hybridized carbons (Fsp3) is 0.357. The van der Waals surface area contributed by atoms with Crippen LogP contribution in [0.15, 0.2) is 42.7 Å². The number of nitrogens with one attached hydrogen (secondary N) is 1. The van der Waals surface area contributed by atoms with E-state index in [1.165, 1.54) is 11.1 Å². The maximum Gasteiger partial charge on any atom is 0.0659 e. The molecule has 0 saturated heterocycles. The molecule has 1 aromatic carbocycles. The van der Waals surface area contributed by atoms with Crippen LogP contribution in [0.1, 0.15) is 30.5 Å². The number of hydrogen-bond donors (Lipinski definition) is 1. The van der Waals surface area contributed by atoms with E-state index in [-0.39, 0.29) is 0 Å². The highest BCUT2D eigenvalue weighted by atomic mass is 15.3. The van der Waals surface area contributed by atoms with Crippen LogP contribution in [0.4, 0.5) is 0 Å². The first-order valence-corrected chi connectivity index (χ1v) is 6.07. The van der Waals surface area contributed by atoms with E-state index in [1.54, 1.807) is 0 Å². The number of aromatic nitrogens is 2. The molecule has 2 aromatic rings. The predicted molar refractivity (Wildman–Crippen MR) is 69.9 cm³/mol. The minimum absolute atomic E-state index is 0.402. The highest BCUT2D eigenvalue weighted by Crippen LogP contribution is 2.15. The summed E-state index contributed by atoms with van der Waals surface area (Å²) in [6, 6.07) is 10.8. The Morgan fingerprint density at radius 2 is 2.06 bits per heavy atom. The maximum atomic E-state index is 4.40. The summed E-state index contributed by atoms with van der Waals surface area (Å²) in [6.45, 7) is 3.01. The van der Waals surface area contributed by atoms with Crippen molar-refractivity contribution in [1.29, 1.82) is 0 Å². The van der Waals surface area contributed by atoms with Crippen molar-refractivity contribution < 1.29 is 0 Å². The Morgan fingerprint density at radius 1 is 1.29 bits per heavy atom. The minimum Gasteiger partial charge on any atom is -0.313 e. The van der Waals surface area contributed by atoms with Crippen LogP contribution in [-0.4, -0.2) is 16.8 Å². The lowest BCUT2D eigenvalue weighted by Crippen LogP contribution is -2.14. The van der Waals surface area contributed by atoms with Crippen LogP contribution >= 0.6 is 0 Å². The Labute approximate surface area is 102 Å². The van der Waals surface area contributed by atoms with Gasteiger partial charge in [0.25, 0.3) is 0 Å². The average molecular weight is 229 g/mol. The van der Waals surface area contributed by atoms with Crippen molar-refractivity contribution in [3.05, 3.63) is 53.9 Å². The van der Waals surface area contributed by atoms with E-state index < -0.39 is 0 Å². The molecule has 1 atom stereocenters. The monoisotopic (exact) mass is 229 g/mol. The van der Waals surface area contributed by atoms with E-state index in [1.807, 2.05) is 24.0 Å². The van der Waals surface area contributed by atoms with Crippen molar-refractivity contribution >= 4 is 0 Å². The third-order valence-electron chi connectivity index (χ3n) is 3.00. The van der Waals surface area contributed by atoms with Crippen molar-refractivity contribution in [2.75, 3.05) is 7.05 Å². The Hall–Kier alpha value is -1.61. The summed E-state index contributed by atoms with van der Waals surface area (Å²) in [5, 5.41) is 7.70. The van der Waals surface area contributed by atoms with Crippen LogP contribution in [0.3, 0.4) is 0 Å². The van der Waals surface area contributed by atoms with Gasteiger partial charge in [0.05, 0.1) is 12.7 Å². The minimum atomic E-state index is 0.402. The third-order valence-corrected chi connectivity index (χ3v) is 3.00. The fourth-order valence-electron chi connectivity index (χ4n) is 2.02. The summed E-state index contributed by atoms with van der Waals surface area (Å²) in [4.78, 5) is 0. The lowest BCUT2D eigenvalue weighted by Gasteiger charge is -2.10. The molecular weight excluding hydrogens is 210 g/mol. The molecule has 0 amide bonds. The fourth-order valence-corrected chi connectivity index (χ4v) is 2.02. The Morgan fingerprint density at radius 3 is 2.71 bits per heavy atom. The van der Waals surface area contributed by atoms with Crippen molar-refractivity contribution in [2.24, 2.45) is 0 Å². The molecule has 0 saturated carbocycles. The molecule has 0 aliphatic heterocycles. The van der Waals surface area contributed by atoms with E-state index in [4.69, 9.17) is 0 Å². The first kappa shape index (κ1) is 11.9. The third kappa shape index (κ3) is 2.94. The molecule has 17 heavy (non-hydrogen) atoms. The summed E-state index contributed by atoms with van der Waals surface area (Å²) in [6.07, 6.45) is 5.15. The molecule has 0 radical (unpaired) electrons. The lowest BCUT2D eigenvalue weighted by molar-refractivity contribution is 0.575. The second-order valence-corrected chi connectivity index (χ2v) is 4.21. The summed E-state index contributed by atoms with van der Waals surface area (Å²) >= 11 is 0. The summed E-state index contributed by atoms with van der Waals surface area (Å²) in [7, 11) is 1.99. The van der Waals surface area contributed by atoms with Gasteiger partial charge in [0.1, 0.15) is 0 Å². The van der Waals surface area contributed by atoms with Crippen molar-refractivity contribution in [3.63, 3.8) is 0 Å². The molecule has 3 nitrogen and oxygen atoms in total. The molecule has 0 spiro atoms. The summed E-state index contributed by atoms with van der Waals surface area (Å²) < 4.78 is 1.99. The smallest absolute Gasteiger partial charge is 0.0659 e. The Balaban J connectivity index is 2.08. The molecule has 2 rings (SSSR count). The second-order valence-electron chi connectivity index (χ2n) is 4.21. The van der Waals surface area contributed by atoms with Crippen molar-refractivity contribution in [3.8, 4) is 0 Å². The zero-order valence-electron chi connectivity index (χ0n) is 10.4. The molecule has 3 heteroatoms. The molecule has 1 aromatic heterocycles. The second kappa shape index (κ2) is 5.64. The van der Waals surface area contributed by atoms with Crippen molar-refractivity contribution in [2.45, 2.75) is 25.9 Å². The van der Waals surface area contributed by atoms with Gasteiger partial charge in [0.2, 0.25) is 0 Å². The molecule has 0 aliphatic rings. The van der Waals surface area contributed by atoms with Crippen LogP contribution in [0, 0.1) is 0 Å². The first-order chi connectivity index (χ1) is 8.33. The predicted octanol–water partition coefficient (Wildman–Crippen LogP) is 2.60. The van der Waals surface area contributed by atoms with Gasteiger partial charge in [-0.2, -0.15) is 5.10 Å². The molecule has 90 valence electrons. The van der Waals surface area contributed by atoms with Crippen molar-refractivity contribution in [1.82, 2.24) is 15.1 Å². The molecule has 0 bridgehead atoms. The number of hydrogen-bond acceptors (Lipinski definition) is 2. The molecule has 1 unspecified atom stereocenters. The first-order valence-electron chi connectivity index (χ1n) is 6.07. The largest absolute Gasteiger partial charge is 0.313 e. The van der Waals surface area contributed by atoms with E-state index in [9.17, 15) is 0 Å². The lowest BCUT2D eigenvalue weighted by atomic mass is 10.1. The number of benzene rings is 1. The van der Waals surface area contributed by atoms with Gasteiger partial charge in [-0.15, -0.1) is 0 Å². The molecule has 1 heterocycles. The van der Waals surface area contributed by atoms with Gasteiger partial charge in [0.15, 0.2) is 0 Å². The van der Waals surface area contributed by atoms with Crippen LogP contribution in [0.2, 0.25) is 0 Å².